The fourth-order valence-electron chi connectivity index (χ4n) is 2.08. The second kappa shape index (κ2) is 4.90. The van der Waals surface area contributed by atoms with Crippen LogP contribution < -0.4 is 0 Å². The van der Waals surface area contributed by atoms with E-state index in [1.807, 2.05) is 4.57 Å². The molecule has 1 unspecified atom stereocenters. The molecule has 0 aliphatic carbocycles. The fraction of sp³-hybridized carbons (Fsp3) is 0.800. The number of aliphatic hydroxyl groups excluding tert-OH is 1. The summed E-state index contributed by atoms with van der Waals surface area (Å²) in [5.74, 6) is 0.640. The van der Waals surface area contributed by atoms with Crippen LogP contribution in [0.4, 0.5) is 0 Å². The molecule has 1 N–H and O–H groups in total. The Hall–Kier alpha value is -0.980. The summed E-state index contributed by atoms with van der Waals surface area (Å²) in [6, 6.07) is 0.458. The molecule has 1 aliphatic rings. The second-order valence-electron chi connectivity index (χ2n) is 4.45. The Balaban J connectivity index is 2.02. The van der Waals surface area contributed by atoms with E-state index in [1.165, 1.54) is 0 Å². The van der Waals surface area contributed by atoms with Crippen LogP contribution in [0.2, 0.25) is 0 Å². The van der Waals surface area contributed by atoms with Crippen LogP contribution in [0.25, 0.3) is 0 Å². The highest BCUT2D eigenvalue weighted by Gasteiger charge is 2.23. The van der Waals surface area contributed by atoms with E-state index in [4.69, 9.17) is 5.11 Å². The maximum atomic E-state index is 9.11. The van der Waals surface area contributed by atoms with E-state index in [0.717, 1.165) is 26.2 Å². The zero-order chi connectivity index (χ0) is 11.5. The van der Waals surface area contributed by atoms with Gasteiger partial charge in [0.2, 0.25) is 0 Å². The van der Waals surface area contributed by atoms with E-state index in [0.29, 0.717) is 11.9 Å². The molecular formula is C10H19N5O. The molecule has 1 saturated heterocycles. The summed E-state index contributed by atoms with van der Waals surface area (Å²) in [6.07, 6.45) is 1.69. The number of aliphatic hydroxyl groups is 1. The van der Waals surface area contributed by atoms with Crippen LogP contribution in [0.5, 0.6) is 0 Å². The molecule has 1 aromatic heterocycles. The number of hydrogen-bond donors (Lipinski definition) is 1. The predicted molar refractivity (Wildman–Crippen MR) is 59.9 cm³/mol. The van der Waals surface area contributed by atoms with Gasteiger partial charge in [-0.1, -0.05) is 0 Å². The topological polar surface area (TPSA) is 57.4 Å². The van der Waals surface area contributed by atoms with Crippen LogP contribution >= 0.6 is 0 Å². The van der Waals surface area contributed by atoms with Crippen LogP contribution in [0, 0.1) is 0 Å². The lowest BCUT2D eigenvalue weighted by Gasteiger charge is -2.37. The lowest BCUT2D eigenvalue weighted by Crippen LogP contribution is -2.51. The first-order valence-electron chi connectivity index (χ1n) is 5.57. The highest BCUT2D eigenvalue weighted by molar-refractivity contribution is 4.87. The van der Waals surface area contributed by atoms with E-state index >= 15 is 0 Å². The van der Waals surface area contributed by atoms with Crippen molar-refractivity contribution in [1.82, 2.24) is 24.6 Å². The van der Waals surface area contributed by atoms with Crippen LogP contribution in [0.3, 0.4) is 0 Å². The molecule has 2 rings (SSSR count). The number of rotatable bonds is 3. The van der Waals surface area contributed by atoms with Crippen molar-refractivity contribution in [2.75, 3.05) is 33.7 Å². The summed E-state index contributed by atoms with van der Waals surface area (Å²) >= 11 is 0. The van der Waals surface area contributed by atoms with E-state index in [-0.39, 0.29) is 6.61 Å². The first kappa shape index (κ1) is 11.5. The summed E-state index contributed by atoms with van der Waals surface area (Å²) in [7, 11) is 4.28. The molecule has 0 spiro atoms. The fourth-order valence-corrected chi connectivity index (χ4v) is 2.08. The van der Waals surface area contributed by atoms with Gasteiger partial charge in [-0.2, -0.15) is 0 Å². The van der Waals surface area contributed by atoms with Crippen molar-refractivity contribution >= 4 is 0 Å². The molecule has 0 saturated carbocycles. The summed E-state index contributed by atoms with van der Waals surface area (Å²) < 4.78 is 1.93. The van der Waals surface area contributed by atoms with Gasteiger partial charge in [-0.25, -0.2) is 0 Å². The van der Waals surface area contributed by atoms with Gasteiger partial charge in [0.15, 0.2) is 5.82 Å². The van der Waals surface area contributed by atoms with E-state index in [1.54, 1.807) is 6.33 Å². The van der Waals surface area contributed by atoms with Gasteiger partial charge in [0, 0.05) is 32.2 Å². The smallest absolute Gasteiger partial charge is 0.158 e. The van der Waals surface area contributed by atoms with Crippen molar-refractivity contribution in [3.63, 3.8) is 0 Å². The van der Waals surface area contributed by atoms with Gasteiger partial charge in [-0.05, 0) is 14.1 Å². The van der Waals surface area contributed by atoms with Crippen LogP contribution in [0.1, 0.15) is 5.82 Å². The van der Waals surface area contributed by atoms with E-state index in [9.17, 15) is 0 Å². The molecule has 1 atom stereocenters. The van der Waals surface area contributed by atoms with Gasteiger partial charge in [0.1, 0.15) is 12.9 Å². The monoisotopic (exact) mass is 225 g/mol. The van der Waals surface area contributed by atoms with Crippen LogP contribution in [-0.4, -0.2) is 69.4 Å². The largest absolute Gasteiger partial charge is 0.388 e. The zero-order valence-corrected chi connectivity index (χ0v) is 9.87. The van der Waals surface area contributed by atoms with Gasteiger partial charge in [0.05, 0.1) is 0 Å². The van der Waals surface area contributed by atoms with E-state index < -0.39 is 0 Å². The van der Waals surface area contributed by atoms with Crippen molar-refractivity contribution in [1.29, 1.82) is 0 Å². The van der Waals surface area contributed by atoms with Crippen LogP contribution in [0.15, 0.2) is 6.33 Å². The maximum Gasteiger partial charge on any atom is 0.158 e. The molecule has 90 valence electrons. The summed E-state index contributed by atoms with van der Waals surface area (Å²) in [5, 5.41) is 16.8. The highest BCUT2D eigenvalue weighted by Crippen LogP contribution is 2.09. The number of piperazine rings is 1. The van der Waals surface area contributed by atoms with Gasteiger partial charge >= 0.3 is 0 Å². The van der Waals surface area contributed by atoms with Crippen molar-refractivity contribution in [3.05, 3.63) is 12.2 Å². The minimum atomic E-state index is -0.0493. The minimum Gasteiger partial charge on any atom is -0.388 e. The molecule has 1 aromatic rings. The lowest BCUT2D eigenvalue weighted by molar-refractivity contribution is 0.101. The molecule has 0 aromatic carbocycles. The second-order valence-corrected chi connectivity index (χ2v) is 4.45. The summed E-state index contributed by atoms with van der Waals surface area (Å²) in [6.45, 7) is 4.02. The zero-order valence-electron chi connectivity index (χ0n) is 9.87. The summed E-state index contributed by atoms with van der Waals surface area (Å²) in [5.41, 5.74) is 0. The number of nitrogens with zero attached hydrogens (tertiary/aromatic N) is 5. The van der Waals surface area contributed by atoms with Crippen molar-refractivity contribution in [2.45, 2.75) is 19.2 Å². The van der Waals surface area contributed by atoms with Gasteiger partial charge in [-0.15, -0.1) is 10.2 Å². The Kier molecular flexibility index (Phi) is 3.52. The van der Waals surface area contributed by atoms with Crippen LogP contribution in [-0.2, 0) is 13.2 Å². The Labute approximate surface area is 95.5 Å². The third kappa shape index (κ3) is 2.40. The Morgan fingerprint density at radius 2 is 2.25 bits per heavy atom. The SMILES string of the molecule is CN1CCN(C)C(Cn2cnnc2CO)C1. The third-order valence-electron chi connectivity index (χ3n) is 3.22. The number of likely N-dealkylation sites (N-methyl/N-ethyl adjacent to an activating group) is 2. The molecule has 0 amide bonds. The first-order chi connectivity index (χ1) is 7.70. The maximum absolute atomic E-state index is 9.11. The van der Waals surface area contributed by atoms with Crippen molar-refractivity contribution < 1.29 is 5.11 Å². The van der Waals surface area contributed by atoms with Gasteiger partial charge in [0.25, 0.3) is 0 Å². The molecule has 2 heterocycles. The Bertz CT molecular complexity index is 340. The average Bonchev–Trinajstić information content (AvgIpc) is 2.71. The van der Waals surface area contributed by atoms with Gasteiger partial charge in [-0.3, -0.25) is 4.90 Å². The van der Waals surface area contributed by atoms with Crippen molar-refractivity contribution in [2.24, 2.45) is 0 Å². The van der Waals surface area contributed by atoms with Gasteiger partial charge < -0.3 is 14.6 Å². The highest BCUT2D eigenvalue weighted by atomic mass is 16.3. The summed E-state index contributed by atoms with van der Waals surface area (Å²) in [4.78, 5) is 4.68. The molecule has 0 bridgehead atoms. The molecule has 6 nitrogen and oxygen atoms in total. The Morgan fingerprint density at radius 3 is 3.00 bits per heavy atom. The molecular weight excluding hydrogens is 206 g/mol. The normalized spacial score (nSPS) is 23.8. The van der Waals surface area contributed by atoms with Crippen molar-refractivity contribution in [3.8, 4) is 0 Å². The van der Waals surface area contributed by atoms with E-state index in [2.05, 4.69) is 34.1 Å². The predicted octanol–water partition coefficient (Wildman–Crippen LogP) is -0.984. The first-order valence-corrected chi connectivity index (χ1v) is 5.57. The molecule has 1 aliphatic heterocycles. The third-order valence-corrected chi connectivity index (χ3v) is 3.22. The number of aromatic nitrogens is 3. The minimum absolute atomic E-state index is 0.0493. The standard InChI is InChI=1S/C10H19N5O/c1-13-3-4-14(2)9(5-13)6-15-8-11-12-10(15)7-16/h8-9,16H,3-7H2,1-2H3. The molecule has 0 radical (unpaired) electrons. The quantitative estimate of drug-likeness (QED) is 0.716. The molecule has 1 fully saturated rings. The molecule has 16 heavy (non-hydrogen) atoms. The number of hydrogen-bond acceptors (Lipinski definition) is 5. The Morgan fingerprint density at radius 1 is 1.44 bits per heavy atom. The molecule has 6 heteroatoms. The average molecular weight is 225 g/mol. The lowest BCUT2D eigenvalue weighted by atomic mass is 10.2.